The van der Waals surface area contributed by atoms with Crippen molar-refractivity contribution in [2.24, 2.45) is 0 Å². The monoisotopic (exact) mass is 690 g/mol. The molecule has 0 heterocycles. The van der Waals surface area contributed by atoms with Gasteiger partial charge in [0.05, 0.1) is 26.4 Å². The molecule has 50 heavy (non-hydrogen) atoms. The number of hydrogen-bond acceptors (Lipinski definition) is 10. The van der Waals surface area contributed by atoms with Gasteiger partial charge < -0.3 is 28.4 Å². The molecule has 0 amide bonds. The van der Waals surface area contributed by atoms with Crippen molar-refractivity contribution < 1.29 is 56.4 Å². The molecule has 0 aliphatic heterocycles. The summed E-state index contributed by atoms with van der Waals surface area (Å²) in [5.41, 5.74) is 1.24. The van der Waals surface area contributed by atoms with Crippen LogP contribution in [0.2, 0.25) is 0 Å². The highest BCUT2D eigenvalue weighted by Crippen LogP contribution is 2.28. The molecule has 0 atom stereocenters. The predicted octanol–water partition coefficient (Wildman–Crippen LogP) is 6.98. The topological polar surface area (TPSA) is 124 Å². The summed E-state index contributed by atoms with van der Waals surface area (Å²) < 4.78 is 60.1. The molecule has 0 aromatic heterocycles. The fourth-order valence-electron chi connectivity index (χ4n) is 3.89. The van der Waals surface area contributed by atoms with Gasteiger partial charge in [0.2, 0.25) is 11.6 Å². The number of carbonyl (C=O) groups excluding carboxylic acids is 4. The molecule has 0 spiro atoms. The molecule has 0 saturated heterocycles. The van der Waals surface area contributed by atoms with Crippen LogP contribution in [0.4, 0.5) is 8.78 Å². The van der Waals surface area contributed by atoms with Gasteiger partial charge in [-0.05, 0) is 85.4 Å². The Balaban J connectivity index is 1.41. The van der Waals surface area contributed by atoms with Crippen LogP contribution in [-0.4, -0.2) is 50.3 Å². The van der Waals surface area contributed by atoms with Crippen LogP contribution in [0.15, 0.2) is 98.1 Å². The maximum Gasteiger partial charge on any atom is 0.336 e. The molecule has 0 N–H and O–H groups in total. The van der Waals surface area contributed by atoms with E-state index in [1.807, 2.05) is 0 Å². The van der Waals surface area contributed by atoms with E-state index in [1.54, 1.807) is 48.5 Å². The van der Waals surface area contributed by atoms with Crippen molar-refractivity contribution in [1.82, 2.24) is 0 Å². The average Bonchev–Trinajstić information content (AvgIpc) is 3.13. The van der Waals surface area contributed by atoms with Gasteiger partial charge in [-0.1, -0.05) is 37.4 Å². The van der Waals surface area contributed by atoms with Gasteiger partial charge in [-0.2, -0.15) is 8.78 Å². The lowest BCUT2D eigenvalue weighted by Gasteiger charge is -2.08. The van der Waals surface area contributed by atoms with Gasteiger partial charge in [-0.3, -0.25) is 0 Å². The molecule has 0 aliphatic carbocycles. The first kappa shape index (κ1) is 38.4. The van der Waals surface area contributed by atoms with E-state index in [0.717, 1.165) is 36.4 Å². The third-order valence-corrected chi connectivity index (χ3v) is 6.45. The summed E-state index contributed by atoms with van der Waals surface area (Å²) in [7, 11) is 0. The average molecular weight is 691 g/mol. The van der Waals surface area contributed by atoms with Crippen LogP contribution in [-0.2, 0) is 28.7 Å². The Labute approximate surface area is 288 Å². The molecular formula is C38H36F2O10. The first-order valence-electron chi connectivity index (χ1n) is 15.5. The summed E-state index contributed by atoms with van der Waals surface area (Å²) in [6, 6.07) is 15.5. The number of benzene rings is 3. The molecule has 0 unspecified atom stereocenters. The summed E-state index contributed by atoms with van der Waals surface area (Å²) in [5.74, 6) is -6.06. The molecule has 3 aromatic carbocycles. The Morgan fingerprint density at radius 3 is 1.24 bits per heavy atom. The molecule has 0 fully saturated rings. The van der Waals surface area contributed by atoms with Crippen LogP contribution >= 0.6 is 0 Å². The van der Waals surface area contributed by atoms with E-state index in [2.05, 4.69) is 13.2 Å². The van der Waals surface area contributed by atoms with Crippen molar-refractivity contribution in [2.75, 3.05) is 26.4 Å². The van der Waals surface area contributed by atoms with Gasteiger partial charge in [-0.25, -0.2) is 19.2 Å². The Kier molecular flexibility index (Phi) is 16.2. The van der Waals surface area contributed by atoms with Gasteiger partial charge in [-0.15, -0.1) is 0 Å². The lowest BCUT2D eigenvalue weighted by molar-refractivity contribution is -0.138. The maximum atomic E-state index is 14.6. The second kappa shape index (κ2) is 21.0. The minimum atomic E-state index is -1.50. The van der Waals surface area contributed by atoms with E-state index in [9.17, 15) is 28.0 Å². The van der Waals surface area contributed by atoms with Crippen LogP contribution in [0.1, 0.15) is 36.8 Å². The second-order valence-corrected chi connectivity index (χ2v) is 10.2. The van der Waals surface area contributed by atoms with E-state index in [-0.39, 0.29) is 13.2 Å². The van der Waals surface area contributed by atoms with Crippen molar-refractivity contribution in [2.45, 2.75) is 25.7 Å². The van der Waals surface area contributed by atoms with Gasteiger partial charge >= 0.3 is 23.9 Å². The maximum absolute atomic E-state index is 14.6. The van der Waals surface area contributed by atoms with Gasteiger partial charge in [0, 0.05) is 24.3 Å². The van der Waals surface area contributed by atoms with Crippen molar-refractivity contribution in [3.05, 3.63) is 121 Å². The highest BCUT2D eigenvalue weighted by atomic mass is 19.2. The van der Waals surface area contributed by atoms with E-state index < -0.39 is 47.0 Å². The molecule has 3 aromatic rings. The van der Waals surface area contributed by atoms with Crippen LogP contribution in [0.3, 0.4) is 0 Å². The Morgan fingerprint density at radius 1 is 0.520 bits per heavy atom. The first-order chi connectivity index (χ1) is 24.2. The molecule has 0 aliphatic rings. The summed E-state index contributed by atoms with van der Waals surface area (Å²) >= 11 is 0. The second-order valence-electron chi connectivity index (χ2n) is 10.2. The van der Waals surface area contributed by atoms with E-state index in [0.29, 0.717) is 61.5 Å². The smallest absolute Gasteiger partial charge is 0.336 e. The summed E-state index contributed by atoms with van der Waals surface area (Å²) in [5, 5.41) is 0. The van der Waals surface area contributed by atoms with Crippen LogP contribution in [0.25, 0.3) is 12.2 Å². The molecule has 0 saturated carbocycles. The fraction of sp³-hybridized carbons (Fsp3) is 0.211. The lowest BCUT2D eigenvalue weighted by Crippen LogP contribution is -2.09. The zero-order valence-corrected chi connectivity index (χ0v) is 27.1. The highest BCUT2D eigenvalue weighted by molar-refractivity contribution is 5.89. The lowest BCUT2D eigenvalue weighted by atomic mass is 10.2. The van der Waals surface area contributed by atoms with Crippen molar-refractivity contribution in [3.63, 3.8) is 0 Å². The third kappa shape index (κ3) is 14.0. The molecule has 0 radical (unpaired) electrons. The Bertz CT molecular complexity index is 1550. The minimum Gasteiger partial charge on any atom is -0.494 e. The first-order valence-corrected chi connectivity index (χ1v) is 15.5. The molecule has 12 heteroatoms. The van der Waals surface area contributed by atoms with Gasteiger partial charge in [0.25, 0.3) is 0 Å². The van der Waals surface area contributed by atoms with E-state index in [1.165, 1.54) is 12.2 Å². The number of esters is 4. The van der Waals surface area contributed by atoms with E-state index >= 15 is 0 Å². The number of unbranched alkanes of at least 4 members (excludes halogenated alkanes) is 2. The number of ether oxygens (including phenoxy) is 6. The Hall–Kier alpha value is -6.04. The van der Waals surface area contributed by atoms with E-state index in [4.69, 9.17) is 28.4 Å². The molecule has 3 rings (SSSR count). The van der Waals surface area contributed by atoms with Gasteiger partial charge in [0.1, 0.15) is 11.5 Å². The normalized spacial score (nSPS) is 10.8. The molecule has 0 bridgehead atoms. The minimum absolute atomic E-state index is 0.275. The number of carbonyl (C=O) groups is 4. The quantitative estimate of drug-likeness (QED) is 0.0531. The van der Waals surface area contributed by atoms with Crippen LogP contribution < -0.4 is 18.9 Å². The Morgan fingerprint density at radius 2 is 0.880 bits per heavy atom. The molecular weight excluding hydrogens is 654 g/mol. The van der Waals surface area contributed by atoms with Crippen LogP contribution in [0.5, 0.6) is 23.0 Å². The van der Waals surface area contributed by atoms with Crippen molar-refractivity contribution in [1.29, 1.82) is 0 Å². The molecule has 262 valence electrons. The zero-order valence-electron chi connectivity index (χ0n) is 27.1. The summed E-state index contributed by atoms with van der Waals surface area (Å²) in [6.07, 6.45) is 9.74. The SMILES string of the molecule is C=CC(=O)OCCCCOc1ccc(C=CC(=O)Oc2ccc(OC(=O)C=Cc3ccc(OCCCCOC(=O)C=C)cc3)c(F)c2F)cc1. The van der Waals surface area contributed by atoms with Crippen molar-refractivity contribution >= 4 is 36.0 Å². The number of halogens is 2. The standard InChI is InChI=1S/C38H36F2O10/c1-3-33(41)47-25-7-5-23-45-29-15-9-27(10-16-29)13-21-35(43)49-31-19-20-32(38(40)37(31)39)50-36(44)22-14-28-11-17-30(18-12-28)46-24-6-8-26-48-34(42)4-2/h3-4,9-22H,1-2,5-8,23-26H2. The predicted molar refractivity (Wildman–Crippen MR) is 180 cm³/mol. The van der Waals surface area contributed by atoms with Gasteiger partial charge in [0.15, 0.2) is 11.5 Å². The number of rotatable bonds is 20. The summed E-state index contributed by atoms with van der Waals surface area (Å²) in [4.78, 5) is 46.5. The summed E-state index contributed by atoms with van der Waals surface area (Å²) in [6.45, 7) is 8.03. The fourth-order valence-corrected chi connectivity index (χ4v) is 3.89. The largest absolute Gasteiger partial charge is 0.494 e. The zero-order chi connectivity index (χ0) is 36.1. The van der Waals surface area contributed by atoms with Crippen molar-refractivity contribution in [3.8, 4) is 23.0 Å². The van der Waals surface area contributed by atoms with Crippen LogP contribution in [0, 0.1) is 11.6 Å². The third-order valence-electron chi connectivity index (χ3n) is 6.45. The number of hydrogen-bond donors (Lipinski definition) is 0. The highest BCUT2D eigenvalue weighted by Gasteiger charge is 2.19. The molecule has 10 nitrogen and oxygen atoms in total.